The second kappa shape index (κ2) is 5.55. The number of fused-ring (bicyclic) bond motifs is 1. The Hall–Kier alpha value is -0.320. The average Bonchev–Trinajstić information content (AvgIpc) is 2.61. The van der Waals surface area contributed by atoms with Crippen molar-refractivity contribution < 1.29 is 0 Å². The Bertz CT molecular complexity index is 517. The van der Waals surface area contributed by atoms with Crippen molar-refractivity contribution >= 4 is 42.8 Å². The summed E-state index contributed by atoms with van der Waals surface area (Å²) in [6.07, 6.45) is 4.42. The Morgan fingerprint density at radius 2 is 2.00 bits per heavy atom. The number of aromatic nitrogens is 1. The van der Waals surface area contributed by atoms with Gasteiger partial charge in [0.2, 0.25) is 0 Å². The Kier molecular flexibility index (Phi) is 4.28. The van der Waals surface area contributed by atoms with Crippen LogP contribution in [0.4, 0.5) is 0 Å². The third-order valence-corrected chi connectivity index (χ3v) is 3.93. The zero-order valence-electron chi connectivity index (χ0n) is 10.1. The lowest BCUT2D eigenvalue weighted by Crippen LogP contribution is -2.13. The molecule has 0 unspecified atom stereocenters. The molecule has 4 heteroatoms. The molecule has 17 heavy (non-hydrogen) atoms. The smallest absolute Gasteiger partial charge is 0.0601 e. The normalized spacial score (nSPS) is 11.6. The van der Waals surface area contributed by atoms with Crippen LogP contribution in [0, 0.1) is 0 Å². The summed E-state index contributed by atoms with van der Waals surface area (Å²) in [5, 5.41) is 1.31. The van der Waals surface area contributed by atoms with Crippen molar-refractivity contribution in [1.82, 2.24) is 9.88 Å². The quantitative estimate of drug-likeness (QED) is 0.867. The Morgan fingerprint density at radius 1 is 1.24 bits per heavy atom. The lowest BCUT2D eigenvalue weighted by atomic mass is 10.1. The van der Waals surface area contributed by atoms with Crippen molar-refractivity contribution in [3.05, 3.63) is 32.8 Å². The fourth-order valence-corrected chi connectivity index (χ4v) is 3.34. The van der Waals surface area contributed by atoms with Gasteiger partial charge in [-0.1, -0.05) is 15.9 Å². The summed E-state index contributed by atoms with van der Waals surface area (Å²) in [7, 11) is 4.23. The molecule has 0 spiro atoms. The van der Waals surface area contributed by atoms with E-state index < -0.39 is 0 Å². The Morgan fingerprint density at radius 3 is 2.71 bits per heavy atom. The summed E-state index contributed by atoms with van der Waals surface area (Å²) in [6.45, 7) is 1.13. The summed E-state index contributed by atoms with van der Waals surface area (Å²) >= 11 is 7.12. The van der Waals surface area contributed by atoms with Crippen molar-refractivity contribution in [3.8, 4) is 0 Å². The third-order valence-electron chi connectivity index (χ3n) is 2.84. The van der Waals surface area contributed by atoms with Gasteiger partial charge in [0.25, 0.3) is 0 Å². The molecule has 0 saturated heterocycles. The number of hydrogen-bond donors (Lipinski definition) is 1. The predicted octanol–water partition coefficient (Wildman–Crippen LogP) is 4.19. The van der Waals surface area contributed by atoms with Crippen LogP contribution in [-0.2, 0) is 6.42 Å². The third kappa shape index (κ3) is 3.12. The summed E-state index contributed by atoms with van der Waals surface area (Å²) in [5.74, 6) is 0. The van der Waals surface area contributed by atoms with Crippen LogP contribution >= 0.6 is 31.9 Å². The molecule has 2 rings (SSSR count). The lowest BCUT2D eigenvalue weighted by molar-refractivity contribution is 0.400. The molecule has 1 N–H and O–H groups in total. The van der Waals surface area contributed by atoms with E-state index in [4.69, 9.17) is 0 Å². The minimum absolute atomic E-state index is 1.11. The van der Waals surface area contributed by atoms with E-state index in [0.717, 1.165) is 21.9 Å². The summed E-state index contributed by atoms with van der Waals surface area (Å²) in [6, 6.07) is 4.25. The highest BCUT2D eigenvalue weighted by atomic mass is 79.9. The van der Waals surface area contributed by atoms with Crippen LogP contribution in [0.5, 0.6) is 0 Å². The highest BCUT2D eigenvalue weighted by Crippen LogP contribution is 2.30. The summed E-state index contributed by atoms with van der Waals surface area (Å²) in [4.78, 5) is 5.56. The van der Waals surface area contributed by atoms with Gasteiger partial charge in [-0.3, -0.25) is 0 Å². The van der Waals surface area contributed by atoms with Crippen LogP contribution in [0.2, 0.25) is 0 Å². The number of halogens is 2. The molecule has 0 aliphatic heterocycles. The van der Waals surface area contributed by atoms with Crippen molar-refractivity contribution in [2.24, 2.45) is 0 Å². The molecular weight excluding hydrogens is 344 g/mol. The zero-order chi connectivity index (χ0) is 12.4. The largest absolute Gasteiger partial charge is 0.360 e. The van der Waals surface area contributed by atoms with Crippen LogP contribution in [-0.4, -0.2) is 30.5 Å². The number of nitrogens with one attached hydrogen (secondary N) is 1. The number of hydrogen-bond acceptors (Lipinski definition) is 1. The first-order valence-electron chi connectivity index (χ1n) is 5.67. The highest BCUT2D eigenvalue weighted by Gasteiger charge is 2.07. The SMILES string of the molecule is CN(C)CCCc1c[nH]c2c(Br)cc(Br)cc12. The molecule has 92 valence electrons. The molecule has 1 aromatic carbocycles. The first kappa shape index (κ1) is 13.1. The minimum Gasteiger partial charge on any atom is -0.360 e. The average molecular weight is 360 g/mol. The lowest BCUT2D eigenvalue weighted by Gasteiger charge is -2.08. The van der Waals surface area contributed by atoms with Gasteiger partial charge in [-0.25, -0.2) is 0 Å². The molecule has 0 amide bonds. The molecule has 0 radical (unpaired) electrons. The summed E-state index contributed by atoms with van der Waals surface area (Å²) < 4.78 is 2.23. The molecule has 0 bridgehead atoms. The molecule has 2 nitrogen and oxygen atoms in total. The first-order valence-corrected chi connectivity index (χ1v) is 7.26. The molecule has 0 atom stereocenters. The maximum absolute atomic E-state index is 3.58. The van der Waals surface area contributed by atoms with Gasteiger partial charge in [0.15, 0.2) is 0 Å². The molecular formula is C13H16Br2N2. The molecule has 2 aromatic rings. The molecule has 0 aliphatic carbocycles. The second-order valence-electron chi connectivity index (χ2n) is 4.53. The van der Waals surface area contributed by atoms with E-state index in [2.05, 4.69) is 74.2 Å². The Balaban J connectivity index is 2.23. The minimum atomic E-state index is 1.11. The standard InChI is InChI=1S/C13H16Br2N2/c1-17(2)5-3-4-9-8-16-13-11(9)6-10(14)7-12(13)15/h6-8,16H,3-5H2,1-2H3. The van der Waals surface area contributed by atoms with E-state index >= 15 is 0 Å². The van der Waals surface area contributed by atoms with Gasteiger partial charge in [-0.2, -0.15) is 0 Å². The van der Waals surface area contributed by atoms with Gasteiger partial charge >= 0.3 is 0 Å². The molecule has 0 aliphatic rings. The van der Waals surface area contributed by atoms with E-state index in [1.54, 1.807) is 0 Å². The van der Waals surface area contributed by atoms with Gasteiger partial charge < -0.3 is 9.88 Å². The maximum atomic E-state index is 3.58. The topological polar surface area (TPSA) is 19.0 Å². The second-order valence-corrected chi connectivity index (χ2v) is 6.30. The van der Waals surface area contributed by atoms with Gasteiger partial charge in [0.1, 0.15) is 0 Å². The molecule has 1 heterocycles. The van der Waals surface area contributed by atoms with E-state index in [1.807, 2.05) is 0 Å². The van der Waals surface area contributed by atoms with Gasteiger partial charge in [-0.15, -0.1) is 0 Å². The molecule has 0 fully saturated rings. The summed E-state index contributed by atoms with van der Waals surface area (Å²) in [5.41, 5.74) is 2.58. The number of rotatable bonds is 4. The van der Waals surface area contributed by atoms with E-state index in [1.165, 1.54) is 22.9 Å². The van der Waals surface area contributed by atoms with Gasteiger partial charge in [0, 0.05) is 20.5 Å². The van der Waals surface area contributed by atoms with Gasteiger partial charge in [0.05, 0.1) is 5.52 Å². The number of aromatic amines is 1. The van der Waals surface area contributed by atoms with Crippen molar-refractivity contribution in [1.29, 1.82) is 0 Å². The fraction of sp³-hybridized carbons (Fsp3) is 0.385. The number of H-pyrrole nitrogens is 1. The maximum Gasteiger partial charge on any atom is 0.0601 e. The van der Waals surface area contributed by atoms with Crippen LogP contribution in [0.25, 0.3) is 10.9 Å². The van der Waals surface area contributed by atoms with Crippen LogP contribution in [0.3, 0.4) is 0 Å². The van der Waals surface area contributed by atoms with Crippen LogP contribution in [0.15, 0.2) is 27.3 Å². The van der Waals surface area contributed by atoms with Crippen molar-refractivity contribution in [3.63, 3.8) is 0 Å². The zero-order valence-corrected chi connectivity index (χ0v) is 13.2. The predicted molar refractivity (Wildman–Crippen MR) is 80.6 cm³/mol. The van der Waals surface area contributed by atoms with E-state index in [9.17, 15) is 0 Å². The van der Waals surface area contributed by atoms with Crippen LogP contribution < -0.4 is 0 Å². The number of aryl methyl sites for hydroxylation is 1. The highest BCUT2D eigenvalue weighted by molar-refractivity contribution is 9.11. The number of nitrogens with zero attached hydrogens (tertiary/aromatic N) is 1. The van der Waals surface area contributed by atoms with Gasteiger partial charge in [-0.05, 0) is 67.1 Å². The van der Waals surface area contributed by atoms with Crippen molar-refractivity contribution in [2.45, 2.75) is 12.8 Å². The fourth-order valence-electron chi connectivity index (χ4n) is 2.00. The first-order chi connectivity index (χ1) is 8.08. The van der Waals surface area contributed by atoms with E-state index in [-0.39, 0.29) is 0 Å². The monoisotopic (exact) mass is 358 g/mol. The van der Waals surface area contributed by atoms with Crippen LogP contribution in [0.1, 0.15) is 12.0 Å². The number of benzene rings is 1. The van der Waals surface area contributed by atoms with E-state index in [0.29, 0.717) is 0 Å². The molecule has 0 saturated carbocycles. The molecule has 1 aromatic heterocycles. The van der Waals surface area contributed by atoms with Crippen molar-refractivity contribution in [2.75, 3.05) is 20.6 Å². The Labute approximate surface area is 119 Å².